The maximum absolute atomic E-state index is 11.7. The summed E-state index contributed by atoms with van der Waals surface area (Å²) in [4.78, 5) is 0. The smallest absolute Gasteiger partial charge is 0.135 e. The quantitative estimate of drug-likeness (QED) is 0.632. The van der Waals surface area contributed by atoms with Crippen molar-refractivity contribution in [2.24, 2.45) is 34.5 Å². The molecule has 3 saturated carbocycles. The zero-order valence-corrected chi connectivity index (χ0v) is 17.2. The molecular formula is C23H36O5. The summed E-state index contributed by atoms with van der Waals surface area (Å²) in [6.07, 6.45) is 6.91. The van der Waals surface area contributed by atoms with E-state index < -0.39 is 5.60 Å². The Morgan fingerprint density at radius 2 is 1.79 bits per heavy atom. The minimum Gasteiger partial charge on any atom is -0.466 e. The molecule has 28 heavy (non-hydrogen) atoms. The van der Waals surface area contributed by atoms with Crippen LogP contribution in [-0.2, 0) is 5.60 Å². The molecule has 0 radical (unpaired) electrons. The molecule has 3 aliphatic carbocycles. The molecule has 1 heterocycles. The van der Waals surface area contributed by atoms with E-state index in [1.807, 2.05) is 12.1 Å². The van der Waals surface area contributed by atoms with Crippen molar-refractivity contribution in [3.05, 3.63) is 24.2 Å². The van der Waals surface area contributed by atoms with E-state index in [0.717, 1.165) is 32.1 Å². The fourth-order valence-electron chi connectivity index (χ4n) is 7.46. The highest BCUT2D eigenvalue weighted by Crippen LogP contribution is 2.67. The van der Waals surface area contributed by atoms with Gasteiger partial charge in [-0.3, -0.25) is 0 Å². The Labute approximate surface area is 167 Å². The van der Waals surface area contributed by atoms with Crippen molar-refractivity contribution < 1.29 is 24.8 Å². The molecule has 4 rings (SSSR count). The van der Waals surface area contributed by atoms with Crippen LogP contribution in [0, 0.1) is 34.5 Å². The largest absolute Gasteiger partial charge is 0.466 e. The second-order valence-electron chi connectivity index (χ2n) is 10.2. The molecule has 4 N–H and O–H groups in total. The van der Waals surface area contributed by atoms with Gasteiger partial charge in [-0.2, -0.15) is 0 Å². The molecule has 0 spiro atoms. The maximum atomic E-state index is 11.7. The first-order valence-electron chi connectivity index (χ1n) is 11.0. The molecule has 0 bridgehead atoms. The van der Waals surface area contributed by atoms with Crippen molar-refractivity contribution in [3.8, 4) is 0 Å². The SMILES string of the molecule is CC1(C2CCC3(C)C(CCC3(O)c3ccco3)C2CO)CCC(O)CC1CO. The Morgan fingerprint density at radius 1 is 1.04 bits per heavy atom. The number of hydrogen-bond acceptors (Lipinski definition) is 5. The van der Waals surface area contributed by atoms with Crippen LogP contribution in [0.4, 0.5) is 0 Å². The fraction of sp³-hybridized carbons (Fsp3) is 0.826. The lowest BCUT2D eigenvalue weighted by molar-refractivity contribution is -0.159. The summed E-state index contributed by atoms with van der Waals surface area (Å²) >= 11 is 0. The molecule has 5 heteroatoms. The molecule has 5 nitrogen and oxygen atoms in total. The number of rotatable bonds is 4. The monoisotopic (exact) mass is 392 g/mol. The highest BCUT2D eigenvalue weighted by Gasteiger charge is 2.64. The van der Waals surface area contributed by atoms with E-state index in [1.54, 1.807) is 6.26 Å². The van der Waals surface area contributed by atoms with Crippen LogP contribution < -0.4 is 0 Å². The van der Waals surface area contributed by atoms with E-state index in [1.165, 1.54) is 0 Å². The summed E-state index contributed by atoms with van der Waals surface area (Å²) in [5.74, 6) is 1.31. The van der Waals surface area contributed by atoms with Gasteiger partial charge in [0.05, 0.1) is 12.4 Å². The van der Waals surface area contributed by atoms with Crippen LogP contribution >= 0.6 is 0 Å². The van der Waals surface area contributed by atoms with Crippen LogP contribution in [0.15, 0.2) is 22.8 Å². The molecule has 3 fully saturated rings. The van der Waals surface area contributed by atoms with Crippen molar-refractivity contribution in [2.45, 2.75) is 70.5 Å². The van der Waals surface area contributed by atoms with Gasteiger partial charge in [-0.1, -0.05) is 13.8 Å². The van der Waals surface area contributed by atoms with Crippen molar-refractivity contribution in [2.75, 3.05) is 13.2 Å². The van der Waals surface area contributed by atoms with Gasteiger partial charge in [0.25, 0.3) is 0 Å². The number of aliphatic hydroxyl groups is 4. The highest BCUT2D eigenvalue weighted by atomic mass is 16.4. The molecule has 1 aromatic heterocycles. The van der Waals surface area contributed by atoms with E-state index in [2.05, 4.69) is 13.8 Å². The van der Waals surface area contributed by atoms with Gasteiger partial charge < -0.3 is 24.8 Å². The number of furan rings is 1. The summed E-state index contributed by atoms with van der Waals surface area (Å²) in [6, 6.07) is 3.71. The average Bonchev–Trinajstić information content (AvgIpc) is 3.31. The van der Waals surface area contributed by atoms with Gasteiger partial charge in [0, 0.05) is 18.6 Å². The Kier molecular flexibility index (Phi) is 5.18. The topological polar surface area (TPSA) is 94.1 Å². The molecule has 8 atom stereocenters. The maximum Gasteiger partial charge on any atom is 0.135 e. The summed E-state index contributed by atoms with van der Waals surface area (Å²) in [7, 11) is 0. The van der Waals surface area contributed by atoms with Crippen molar-refractivity contribution in [1.82, 2.24) is 0 Å². The zero-order valence-electron chi connectivity index (χ0n) is 17.2. The Morgan fingerprint density at radius 3 is 2.43 bits per heavy atom. The van der Waals surface area contributed by atoms with Crippen LogP contribution in [0.3, 0.4) is 0 Å². The lowest BCUT2D eigenvalue weighted by Crippen LogP contribution is -2.55. The van der Waals surface area contributed by atoms with Crippen LogP contribution in [-0.4, -0.2) is 39.7 Å². The first-order valence-corrected chi connectivity index (χ1v) is 11.0. The minimum atomic E-state index is -0.987. The summed E-state index contributed by atoms with van der Waals surface area (Å²) in [6.45, 7) is 4.61. The predicted molar refractivity (Wildman–Crippen MR) is 105 cm³/mol. The van der Waals surface area contributed by atoms with Gasteiger partial charge in [0.15, 0.2) is 0 Å². The molecule has 3 aliphatic rings. The van der Waals surface area contributed by atoms with E-state index in [-0.39, 0.29) is 47.9 Å². The van der Waals surface area contributed by atoms with E-state index >= 15 is 0 Å². The first kappa shape index (κ1) is 20.4. The van der Waals surface area contributed by atoms with Gasteiger partial charge in [-0.25, -0.2) is 0 Å². The summed E-state index contributed by atoms with van der Waals surface area (Å²) in [5, 5.41) is 42.3. The minimum absolute atomic E-state index is 0.0602. The lowest BCUT2D eigenvalue weighted by Gasteiger charge is -2.57. The first-order chi connectivity index (χ1) is 13.3. The Balaban J connectivity index is 1.66. The number of fused-ring (bicyclic) bond motifs is 1. The van der Waals surface area contributed by atoms with Crippen LogP contribution in [0.2, 0.25) is 0 Å². The Bertz CT molecular complexity index is 675. The summed E-state index contributed by atoms with van der Waals surface area (Å²) < 4.78 is 5.64. The van der Waals surface area contributed by atoms with Crippen molar-refractivity contribution in [1.29, 1.82) is 0 Å². The second-order valence-corrected chi connectivity index (χ2v) is 10.2. The molecule has 1 aromatic rings. The fourth-order valence-corrected chi connectivity index (χ4v) is 7.46. The zero-order chi connectivity index (χ0) is 20.2. The third-order valence-electron chi connectivity index (χ3n) is 9.30. The van der Waals surface area contributed by atoms with Gasteiger partial charge in [0.1, 0.15) is 11.4 Å². The number of aliphatic hydroxyl groups excluding tert-OH is 3. The molecular weight excluding hydrogens is 356 g/mol. The third-order valence-corrected chi connectivity index (χ3v) is 9.30. The molecule has 158 valence electrons. The molecule has 0 saturated heterocycles. The molecule has 0 amide bonds. The molecule has 8 unspecified atom stereocenters. The van der Waals surface area contributed by atoms with Crippen molar-refractivity contribution >= 4 is 0 Å². The van der Waals surface area contributed by atoms with Crippen LogP contribution in [0.1, 0.15) is 64.6 Å². The highest BCUT2D eigenvalue weighted by molar-refractivity contribution is 5.21. The van der Waals surface area contributed by atoms with Crippen molar-refractivity contribution in [3.63, 3.8) is 0 Å². The molecule has 0 aromatic carbocycles. The normalized spacial score (nSPS) is 49.1. The van der Waals surface area contributed by atoms with Gasteiger partial charge in [-0.05, 0) is 86.2 Å². The van der Waals surface area contributed by atoms with Crippen LogP contribution in [0.5, 0.6) is 0 Å². The Hall–Kier alpha value is -0.880. The summed E-state index contributed by atoms with van der Waals surface area (Å²) in [5.41, 5.74) is -1.40. The molecule has 0 aliphatic heterocycles. The van der Waals surface area contributed by atoms with Gasteiger partial charge in [0.2, 0.25) is 0 Å². The van der Waals surface area contributed by atoms with Gasteiger partial charge >= 0.3 is 0 Å². The predicted octanol–water partition coefficient (Wildman–Crippen LogP) is 3.06. The van der Waals surface area contributed by atoms with Gasteiger partial charge in [-0.15, -0.1) is 0 Å². The van der Waals surface area contributed by atoms with Crippen LogP contribution in [0.25, 0.3) is 0 Å². The third kappa shape index (κ3) is 2.73. The average molecular weight is 393 g/mol. The van der Waals surface area contributed by atoms with E-state index in [9.17, 15) is 20.4 Å². The number of hydrogen-bond donors (Lipinski definition) is 4. The van der Waals surface area contributed by atoms with E-state index in [4.69, 9.17) is 4.42 Å². The lowest BCUT2D eigenvalue weighted by atomic mass is 9.48. The van der Waals surface area contributed by atoms with E-state index in [0.29, 0.717) is 24.5 Å². The standard InChI is InChI=1S/C23H36O5/c1-21(8-5-16(26)12-15(21)13-24)18-6-9-22(2)19(17(18)14-25)7-10-23(22,27)20-4-3-11-28-20/h3-4,11,15-19,24-27H,5-10,12-14H2,1-2H3. The second kappa shape index (κ2) is 7.12.